The third kappa shape index (κ3) is 3.90. The van der Waals surface area contributed by atoms with Gasteiger partial charge in [-0.15, -0.1) is 0 Å². The highest BCUT2D eigenvalue weighted by Crippen LogP contribution is 2.29. The molecule has 0 spiro atoms. The molecule has 0 radical (unpaired) electrons. The Hall–Kier alpha value is -2.73. The summed E-state index contributed by atoms with van der Waals surface area (Å²) in [6.07, 6.45) is 2.21. The number of hydrogen-bond acceptors (Lipinski definition) is 4. The standard InChI is InChI=1S/C22H27ClN4O2/c1-5-7-14(2)16-8-6-9-19-21(16)26(4)22(24-3)27(19)13-18(25-29)17-12-15(23)10-11-20(17)28/h6,8-12,14,28-29H,5,7,13H2,1-4H3/b24-22?,25-18+/t14-/m1/s1. The Balaban J connectivity index is 2.19. The minimum absolute atomic E-state index is 0.00952. The van der Waals surface area contributed by atoms with Crippen LogP contribution in [0.25, 0.3) is 11.0 Å². The van der Waals surface area contributed by atoms with E-state index in [9.17, 15) is 10.3 Å². The third-order valence-corrected chi connectivity index (χ3v) is 5.60. The summed E-state index contributed by atoms with van der Waals surface area (Å²) in [7, 11) is 3.74. The number of phenols is 1. The van der Waals surface area contributed by atoms with Gasteiger partial charge in [0, 0.05) is 24.7 Å². The monoisotopic (exact) mass is 414 g/mol. The highest BCUT2D eigenvalue weighted by Gasteiger charge is 2.19. The largest absolute Gasteiger partial charge is 0.507 e. The van der Waals surface area contributed by atoms with E-state index in [0.29, 0.717) is 22.2 Å². The van der Waals surface area contributed by atoms with Gasteiger partial charge in [-0.05, 0) is 42.2 Å². The molecule has 2 N–H and O–H groups in total. The Morgan fingerprint density at radius 3 is 2.66 bits per heavy atom. The van der Waals surface area contributed by atoms with Crippen LogP contribution in [0.4, 0.5) is 0 Å². The lowest BCUT2D eigenvalue weighted by Gasteiger charge is -2.13. The Morgan fingerprint density at radius 2 is 2.00 bits per heavy atom. The van der Waals surface area contributed by atoms with Crippen LogP contribution in [0.2, 0.25) is 5.02 Å². The van der Waals surface area contributed by atoms with Gasteiger partial charge in [-0.25, -0.2) is 0 Å². The average Bonchev–Trinajstić information content (AvgIpc) is 2.99. The number of halogens is 1. The quantitative estimate of drug-likeness (QED) is 0.350. The minimum atomic E-state index is 0.00952. The first-order chi connectivity index (χ1) is 13.9. The summed E-state index contributed by atoms with van der Waals surface area (Å²) < 4.78 is 4.07. The van der Waals surface area contributed by atoms with Crippen molar-refractivity contribution in [1.82, 2.24) is 9.13 Å². The van der Waals surface area contributed by atoms with Crippen LogP contribution in [0, 0.1) is 0 Å². The van der Waals surface area contributed by atoms with Gasteiger partial charge in [-0.3, -0.25) is 4.99 Å². The molecule has 0 amide bonds. The van der Waals surface area contributed by atoms with E-state index in [1.807, 2.05) is 23.7 Å². The van der Waals surface area contributed by atoms with E-state index >= 15 is 0 Å². The lowest BCUT2D eigenvalue weighted by atomic mass is 9.95. The van der Waals surface area contributed by atoms with E-state index in [2.05, 4.69) is 34.6 Å². The van der Waals surface area contributed by atoms with Crippen LogP contribution in [-0.2, 0) is 13.6 Å². The summed E-state index contributed by atoms with van der Waals surface area (Å²) in [5.41, 5.74) is 4.82. The van der Waals surface area contributed by atoms with Crippen molar-refractivity contribution < 1.29 is 10.3 Å². The second kappa shape index (κ2) is 8.74. The molecular weight excluding hydrogens is 388 g/mol. The van der Waals surface area contributed by atoms with Gasteiger partial charge in [-0.2, -0.15) is 0 Å². The first-order valence-electron chi connectivity index (χ1n) is 9.73. The van der Waals surface area contributed by atoms with E-state index in [1.54, 1.807) is 19.2 Å². The average molecular weight is 415 g/mol. The molecule has 1 heterocycles. The Morgan fingerprint density at radius 1 is 1.24 bits per heavy atom. The number of nitrogens with zero attached hydrogens (tertiary/aromatic N) is 4. The third-order valence-electron chi connectivity index (χ3n) is 5.36. The molecule has 154 valence electrons. The fraction of sp³-hybridized carbons (Fsp3) is 0.364. The second-order valence-corrected chi connectivity index (χ2v) is 7.72. The molecule has 0 aliphatic carbocycles. The Labute approximate surface area is 175 Å². The van der Waals surface area contributed by atoms with Gasteiger partial charge < -0.3 is 19.4 Å². The van der Waals surface area contributed by atoms with Gasteiger partial charge >= 0.3 is 0 Å². The molecular formula is C22H27ClN4O2. The van der Waals surface area contributed by atoms with Gasteiger partial charge in [0.05, 0.1) is 17.6 Å². The van der Waals surface area contributed by atoms with Crippen LogP contribution < -0.4 is 5.62 Å². The number of aryl methyl sites for hydroxylation is 1. The van der Waals surface area contributed by atoms with E-state index in [-0.39, 0.29) is 12.3 Å². The van der Waals surface area contributed by atoms with Crippen LogP contribution in [-0.4, -0.2) is 32.2 Å². The number of para-hydroxylation sites is 1. The predicted molar refractivity (Wildman–Crippen MR) is 117 cm³/mol. The number of oxime groups is 1. The van der Waals surface area contributed by atoms with E-state index in [1.165, 1.54) is 11.6 Å². The highest BCUT2D eigenvalue weighted by molar-refractivity contribution is 6.31. The topological polar surface area (TPSA) is 75.0 Å². The molecule has 1 atom stereocenters. The molecule has 1 aromatic heterocycles. The number of rotatable bonds is 6. The van der Waals surface area contributed by atoms with Crippen LogP contribution in [0.5, 0.6) is 5.75 Å². The van der Waals surface area contributed by atoms with Crippen molar-refractivity contribution >= 4 is 28.3 Å². The van der Waals surface area contributed by atoms with Crippen molar-refractivity contribution in [3.05, 3.63) is 58.2 Å². The summed E-state index contributed by atoms with van der Waals surface area (Å²) in [6.45, 7) is 4.67. The molecule has 3 rings (SSSR count). The smallest absolute Gasteiger partial charge is 0.205 e. The van der Waals surface area contributed by atoms with E-state index in [0.717, 1.165) is 29.5 Å². The molecule has 2 aromatic carbocycles. The molecule has 0 unspecified atom stereocenters. The second-order valence-electron chi connectivity index (χ2n) is 7.28. The van der Waals surface area contributed by atoms with Crippen molar-refractivity contribution in [2.45, 2.75) is 39.2 Å². The number of imidazole rings is 1. The highest BCUT2D eigenvalue weighted by atomic mass is 35.5. The normalized spacial score (nSPS) is 14.0. The van der Waals surface area contributed by atoms with Gasteiger partial charge in [0.15, 0.2) is 0 Å². The molecule has 29 heavy (non-hydrogen) atoms. The summed E-state index contributed by atoms with van der Waals surface area (Å²) in [5, 5.41) is 23.9. The maximum absolute atomic E-state index is 10.2. The molecule has 0 saturated heterocycles. The van der Waals surface area contributed by atoms with Gasteiger partial charge in [-0.1, -0.05) is 49.2 Å². The Kier molecular flexibility index (Phi) is 6.33. The summed E-state index contributed by atoms with van der Waals surface area (Å²) in [6, 6.07) is 10.9. The SMILES string of the molecule is CCC[C@@H](C)c1cccc2c1n(C)c(=NC)n2C/C(=N\O)c1cc(Cl)ccc1O. The van der Waals surface area contributed by atoms with Crippen molar-refractivity contribution in [1.29, 1.82) is 0 Å². The maximum atomic E-state index is 10.2. The summed E-state index contributed by atoms with van der Waals surface area (Å²) >= 11 is 6.09. The number of benzene rings is 2. The van der Waals surface area contributed by atoms with Crippen molar-refractivity contribution in [3.63, 3.8) is 0 Å². The van der Waals surface area contributed by atoms with Gasteiger partial charge in [0.25, 0.3) is 0 Å². The number of hydrogen-bond donors (Lipinski definition) is 2. The number of fused-ring (bicyclic) bond motifs is 1. The molecule has 6 nitrogen and oxygen atoms in total. The van der Waals surface area contributed by atoms with Crippen molar-refractivity contribution in [2.75, 3.05) is 7.05 Å². The number of aromatic hydroxyl groups is 1. The first-order valence-corrected chi connectivity index (χ1v) is 10.1. The zero-order valence-corrected chi connectivity index (χ0v) is 18.0. The number of phenolic OH excluding ortho intramolecular Hbond substituents is 1. The van der Waals surface area contributed by atoms with Crippen LogP contribution in [0.1, 0.15) is 43.7 Å². The molecule has 0 bridgehead atoms. The molecule has 0 fully saturated rings. The lowest BCUT2D eigenvalue weighted by molar-refractivity contribution is 0.317. The molecule has 0 saturated carbocycles. The fourth-order valence-corrected chi connectivity index (χ4v) is 4.17. The van der Waals surface area contributed by atoms with Crippen LogP contribution in [0.15, 0.2) is 46.5 Å². The fourth-order valence-electron chi connectivity index (χ4n) is 3.99. The molecule has 7 heteroatoms. The molecule has 0 aliphatic rings. The van der Waals surface area contributed by atoms with Crippen molar-refractivity contribution in [3.8, 4) is 5.75 Å². The van der Waals surface area contributed by atoms with Gasteiger partial charge in [0.2, 0.25) is 5.62 Å². The van der Waals surface area contributed by atoms with Gasteiger partial charge in [0.1, 0.15) is 11.5 Å². The maximum Gasteiger partial charge on any atom is 0.205 e. The minimum Gasteiger partial charge on any atom is -0.507 e. The zero-order chi connectivity index (χ0) is 21.1. The lowest BCUT2D eigenvalue weighted by Crippen LogP contribution is -2.27. The zero-order valence-electron chi connectivity index (χ0n) is 17.2. The van der Waals surface area contributed by atoms with E-state index in [4.69, 9.17) is 11.6 Å². The van der Waals surface area contributed by atoms with Crippen LogP contribution >= 0.6 is 11.6 Å². The summed E-state index contributed by atoms with van der Waals surface area (Å²) in [5.74, 6) is 0.425. The molecule has 0 aliphatic heterocycles. The summed E-state index contributed by atoms with van der Waals surface area (Å²) in [4.78, 5) is 4.48. The van der Waals surface area contributed by atoms with Crippen LogP contribution in [0.3, 0.4) is 0 Å². The van der Waals surface area contributed by atoms with Crippen molar-refractivity contribution in [2.24, 2.45) is 17.2 Å². The number of aromatic nitrogens is 2. The first kappa shape index (κ1) is 21.0. The van der Waals surface area contributed by atoms with E-state index < -0.39 is 0 Å². The Bertz CT molecular complexity index is 1130. The predicted octanol–water partition coefficient (Wildman–Crippen LogP) is 4.65. The molecule has 3 aromatic rings.